The minimum Gasteiger partial charge on any atom is -0.379 e. The van der Waals surface area contributed by atoms with Gasteiger partial charge in [-0.2, -0.15) is 0 Å². The second-order valence-corrected chi connectivity index (χ2v) is 7.99. The van der Waals surface area contributed by atoms with E-state index in [4.69, 9.17) is 4.74 Å². The first kappa shape index (κ1) is 23.9. The molecule has 0 saturated carbocycles. The van der Waals surface area contributed by atoms with Crippen molar-refractivity contribution >= 4 is 29.9 Å². The zero-order chi connectivity index (χ0) is 20.8. The number of nitrogens with zero attached hydrogens (tertiary/aromatic N) is 3. The van der Waals surface area contributed by atoms with Gasteiger partial charge in [0.2, 0.25) is 0 Å². The maximum Gasteiger partial charge on any atom is 0.193 e. The molecular weight excluding hydrogens is 506 g/mol. The van der Waals surface area contributed by atoms with Gasteiger partial charge in [0.15, 0.2) is 5.96 Å². The molecule has 2 aromatic carbocycles. The Kier molecular flexibility index (Phi) is 9.10. The minimum absolute atomic E-state index is 0. The Labute approximate surface area is 201 Å². The number of ether oxygens (including phenoxy) is 1. The van der Waals surface area contributed by atoms with Crippen LogP contribution in [-0.2, 0) is 4.74 Å². The Bertz CT molecular complexity index is 827. The fraction of sp³-hybridized carbons (Fsp3) is 0.458. The van der Waals surface area contributed by atoms with Crippen molar-refractivity contribution in [3.05, 3.63) is 71.5 Å². The lowest BCUT2D eigenvalue weighted by atomic mass is 9.99. The van der Waals surface area contributed by atoms with Gasteiger partial charge in [0.1, 0.15) is 5.82 Å². The van der Waals surface area contributed by atoms with Crippen molar-refractivity contribution in [2.45, 2.75) is 18.4 Å². The van der Waals surface area contributed by atoms with Crippen LogP contribution < -0.4 is 5.32 Å². The molecule has 5 nitrogen and oxygen atoms in total. The van der Waals surface area contributed by atoms with Gasteiger partial charge in [-0.25, -0.2) is 4.39 Å². The molecule has 31 heavy (non-hydrogen) atoms. The fourth-order valence-corrected chi connectivity index (χ4v) is 4.50. The summed E-state index contributed by atoms with van der Waals surface area (Å²) < 4.78 is 19.0. The molecule has 2 atom stereocenters. The van der Waals surface area contributed by atoms with Crippen LogP contribution in [0.4, 0.5) is 4.39 Å². The van der Waals surface area contributed by atoms with Crippen LogP contribution in [0.5, 0.6) is 0 Å². The van der Waals surface area contributed by atoms with Crippen LogP contribution in [-0.4, -0.2) is 68.7 Å². The number of halogens is 2. The number of likely N-dealkylation sites (tertiary alicyclic amines) is 1. The average Bonchev–Trinajstić information content (AvgIpc) is 3.29. The highest BCUT2D eigenvalue weighted by molar-refractivity contribution is 14.0. The minimum atomic E-state index is -0.202. The van der Waals surface area contributed by atoms with Gasteiger partial charge in [-0.3, -0.25) is 9.89 Å². The molecule has 2 aliphatic rings. The number of guanidine groups is 1. The molecule has 0 aromatic heterocycles. The van der Waals surface area contributed by atoms with Crippen molar-refractivity contribution < 1.29 is 9.13 Å². The first-order chi connectivity index (χ1) is 14.7. The molecule has 168 valence electrons. The van der Waals surface area contributed by atoms with Gasteiger partial charge in [0.25, 0.3) is 0 Å². The van der Waals surface area contributed by atoms with Crippen LogP contribution >= 0.6 is 24.0 Å². The maximum atomic E-state index is 13.5. The molecule has 2 fully saturated rings. The third-order valence-corrected chi connectivity index (χ3v) is 6.17. The molecule has 0 spiro atoms. The molecule has 2 aliphatic heterocycles. The van der Waals surface area contributed by atoms with Crippen LogP contribution in [0.25, 0.3) is 0 Å². The van der Waals surface area contributed by atoms with E-state index in [1.165, 1.54) is 5.56 Å². The van der Waals surface area contributed by atoms with Gasteiger partial charge in [0.05, 0.1) is 19.3 Å². The summed E-state index contributed by atoms with van der Waals surface area (Å²) in [6.45, 7) is 5.92. The smallest absolute Gasteiger partial charge is 0.193 e. The second-order valence-electron chi connectivity index (χ2n) is 7.99. The highest BCUT2D eigenvalue weighted by Crippen LogP contribution is 2.27. The van der Waals surface area contributed by atoms with E-state index in [-0.39, 0.29) is 35.8 Å². The molecule has 2 saturated heterocycles. The zero-order valence-electron chi connectivity index (χ0n) is 18.0. The maximum absolute atomic E-state index is 13.5. The van der Waals surface area contributed by atoms with Crippen LogP contribution in [0, 0.1) is 5.82 Å². The largest absolute Gasteiger partial charge is 0.379 e. The van der Waals surface area contributed by atoms with Gasteiger partial charge in [0, 0.05) is 45.7 Å². The van der Waals surface area contributed by atoms with Crippen molar-refractivity contribution in [3.8, 4) is 0 Å². The Hall–Kier alpha value is -1.71. The summed E-state index contributed by atoms with van der Waals surface area (Å²) in [5, 5.41) is 3.59. The highest BCUT2D eigenvalue weighted by Gasteiger charge is 2.28. The van der Waals surface area contributed by atoms with E-state index in [0.29, 0.717) is 5.92 Å². The fourth-order valence-electron chi connectivity index (χ4n) is 4.50. The Morgan fingerprint density at radius 3 is 2.48 bits per heavy atom. The van der Waals surface area contributed by atoms with E-state index >= 15 is 0 Å². The summed E-state index contributed by atoms with van der Waals surface area (Å²) >= 11 is 0. The lowest BCUT2D eigenvalue weighted by Gasteiger charge is -2.35. The van der Waals surface area contributed by atoms with E-state index in [2.05, 4.69) is 50.4 Å². The molecule has 0 amide bonds. The van der Waals surface area contributed by atoms with Gasteiger partial charge in [-0.1, -0.05) is 42.5 Å². The molecule has 7 heteroatoms. The van der Waals surface area contributed by atoms with Gasteiger partial charge < -0.3 is 15.0 Å². The predicted molar refractivity (Wildman–Crippen MR) is 134 cm³/mol. The van der Waals surface area contributed by atoms with Crippen molar-refractivity contribution in [2.75, 3.05) is 53.0 Å². The first-order valence-corrected chi connectivity index (χ1v) is 10.8. The normalized spacial score (nSPS) is 20.9. The summed E-state index contributed by atoms with van der Waals surface area (Å²) in [4.78, 5) is 9.31. The third kappa shape index (κ3) is 6.17. The topological polar surface area (TPSA) is 40.1 Å². The van der Waals surface area contributed by atoms with Crippen molar-refractivity contribution in [2.24, 2.45) is 4.99 Å². The van der Waals surface area contributed by atoms with Crippen molar-refractivity contribution in [3.63, 3.8) is 0 Å². The standard InChI is InChI=1S/C24H31FN4O.HI/c1-26-24(29-12-11-21(18-29)19-5-3-2-4-6-19)27-17-23(28-13-15-30-16-14-28)20-7-9-22(25)10-8-20;/h2-10,21,23H,11-18H2,1H3,(H,26,27);1H. The van der Waals surface area contributed by atoms with E-state index in [1.54, 1.807) is 12.1 Å². The lowest BCUT2D eigenvalue weighted by molar-refractivity contribution is 0.0169. The van der Waals surface area contributed by atoms with Crippen LogP contribution in [0.15, 0.2) is 59.6 Å². The summed E-state index contributed by atoms with van der Waals surface area (Å²) in [6, 6.07) is 17.7. The molecule has 4 rings (SSSR count). The number of aliphatic imine (C=N–C) groups is 1. The zero-order valence-corrected chi connectivity index (χ0v) is 20.4. The van der Waals surface area contributed by atoms with E-state index < -0.39 is 0 Å². The predicted octanol–water partition coefficient (Wildman–Crippen LogP) is 3.88. The second kappa shape index (κ2) is 11.8. The summed E-state index contributed by atoms with van der Waals surface area (Å²) in [5.74, 6) is 1.28. The van der Waals surface area contributed by atoms with Gasteiger partial charge in [-0.15, -0.1) is 24.0 Å². The van der Waals surface area contributed by atoms with E-state index in [1.807, 2.05) is 19.2 Å². The quantitative estimate of drug-likeness (QED) is 0.357. The molecule has 0 aliphatic carbocycles. The van der Waals surface area contributed by atoms with E-state index in [9.17, 15) is 4.39 Å². The molecule has 2 heterocycles. The summed E-state index contributed by atoms with van der Waals surface area (Å²) in [6.07, 6.45) is 1.13. The van der Waals surface area contributed by atoms with Crippen molar-refractivity contribution in [1.82, 2.24) is 15.1 Å². The van der Waals surface area contributed by atoms with Gasteiger partial charge in [-0.05, 0) is 29.7 Å². The third-order valence-electron chi connectivity index (χ3n) is 6.17. The molecule has 0 bridgehead atoms. The summed E-state index contributed by atoms with van der Waals surface area (Å²) in [5.41, 5.74) is 2.51. The number of nitrogens with one attached hydrogen (secondary N) is 1. The molecule has 0 radical (unpaired) electrons. The number of morpholine rings is 1. The molecule has 1 N–H and O–H groups in total. The molecule has 2 aromatic rings. The number of benzene rings is 2. The van der Waals surface area contributed by atoms with Crippen LogP contribution in [0.2, 0.25) is 0 Å². The highest BCUT2D eigenvalue weighted by atomic mass is 127. The monoisotopic (exact) mass is 538 g/mol. The number of rotatable bonds is 5. The Morgan fingerprint density at radius 1 is 1.10 bits per heavy atom. The lowest BCUT2D eigenvalue weighted by Crippen LogP contribution is -2.47. The molecular formula is C24H32FIN4O. The number of hydrogen-bond donors (Lipinski definition) is 1. The Balaban J connectivity index is 0.00000272. The first-order valence-electron chi connectivity index (χ1n) is 10.8. The van der Waals surface area contributed by atoms with Crippen LogP contribution in [0.1, 0.15) is 29.5 Å². The number of hydrogen-bond acceptors (Lipinski definition) is 3. The van der Waals surface area contributed by atoms with Crippen molar-refractivity contribution in [1.29, 1.82) is 0 Å². The average molecular weight is 538 g/mol. The summed E-state index contributed by atoms with van der Waals surface area (Å²) in [7, 11) is 1.85. The van der Waals surface area contributed by atoms with E-state index in [0.717, 1.165) is 63.9 Å². The SMILES string of the molecule is CN=C(NCC(c1ccc(F)cc1)N1CCOCC1)N1CCC(c2ccccc2)C1.I. The van der Waals surface area contributed by atoms with Gasteiger partial charge >= 0.3 is 0 Å². The Morgan fingerprint density at radius 2 is 1.81 bits per heavy atom. The van der Waals surface area contributed by atoms with Crippen LogP contribution in [0.3, 0.4) is 0 Å². The molecule has 2 unspecified atom stereocenters.